The number of hydrogen-bond acceptors (Lipinski definition) is 0. The second-order valence-corrected chi connectivity index (χ2v) is 28.3. The minimum atomic E-state index is -5.10. The van der Waals surface area contributed by atoms with Gasteiger partial charge in [-0.15, -0.1) is 0 Å². The second kappa shape index (κ2) is 25.9. The van der Waals surface area contributed by atoms with E-state index in [0.717, 1.165) is 91.3 Å². The summed E-state index contributed by atoms with van der Waals surface area (Å²) in [5, 5.41) is 5.78. The van der Waals surface area contributed by atoms with E-state index in [1.807, 2.05) is 285 Å². The molecule has 0 fully saturated rings. The summed E-state index contributed by atoms with van der Waals surface area (Å²) in [7, 11) is 0. The van der Waals surface area contributed by atoms with Crippen molar-refractivity contribution in [3.05, 3.63) is 374 Å². The Hall–Kier alpha value is -14.0. The van der Waals surface area contributed by atoms with Gasteiger partial charge in [-0.3, -0.25) is 0 Å². The second-order valence-electron chi connectivity index (χ2n) is 28.3. The van der Waals surface area contributed by atoms with Crippen LogP contribution in [-0.4, -0.2) is 18.3 Å². The molecule has 112 heavy (non-hydrogen) atoms. The highest BCUT2D eigenvalue weighted by molar-refractivity contribution is 6.18. The van der Waals surface area contributed by atoms with E-state index in [0.29, 0.717) is 100 Å². The van der Waals surface area contributed by atoms with Crippen LogP contribution >= 0.6 is 0 Å². The van der Waals surface area contributed by atoms with Crippen LogP contribution in [0.1, 0.15) is 11.1 Å². The van der Waals surface area contributed by atoms with Crippen LogP contribution in [0.3, 0.4) is 0 Å². The minimum absolute atomic E-state index is 0.0799. The van der Waals surface area contributed by atoms with Gasteiger partial charge in [-0.1, -0.05) is 212 Å². The third-order valence-electron chi connectivity index (χ3n) is 21.8. The lowest BCUT2D eigenvalue weighted by atomic mass is 9.87. The minimum Gasteiger partial charge on any atom is -0.307 e. The van der Waals surface area contributed by atoms with Crippen molar-refractivity contribution >= 4 is 87.2 Å². The lowest BCUT2D eigenvalue weighted by Crippen LogP contribution is -2.12. The molecule has 0 amide bonds. The monoisotopic (exact) mass is 1480 g/mol. The van der Waals surface area contributed by atoms with Gasteiger partial charge in [-0.25, -0.2) is 17.6 Å². The zero-order chi connectivity index (χ0) is 76.0. The number of halogens is 10. The molecule has 4 heterocycles. The van der Waals surface area contributed by atoms with E-state index in [1.165, 1.54) is 12.1 Å². The van der Waals surface area contributed by atoms with Gasteiger partial charge in [0.1, 0.15) is 23.3 Å². The lowest BCUT2D eigenvalue weighted by Gasteiger charge is -2.23. The first-order chi connectivity index (χ1) is 54.4. The molecular formula is C98H56F10N4. The van der Waals surface area contributed by atoms with Crippen molar-refractivity contribution < 1.29 is 43.9 Å². The number of alkyl halides is 6. The summed E-state index contributed by atoms with van der Waals surface area (Å²) in [6, 6.07) is 98.9. The lowest BCUT2D eigenvalue weighted by molar-refractivity contribution is -0.137. The maximum Gasteiger partial charge on any atom is 0.417 e. The standard InChI is InChI=1S/C98H56F10N4/c99-65-41-63(42-66(100)47-65)76-52-93(109-86-34-18-14-30-70(86)80-45-61(38-40-89(80)109)57-21-5-1-6-22-57)95(55-83(76)97(103,104)105)112-87-35-19-15-31-71(87)81-49-74(59-25-9-3-10-26-59)79(54-92(81)112)78-50-82-72-32-16-20-36-88(72)111(91(82)51-75(78)60-27-11-4-12-28-60)96-56-84(98(106,107)108)77(64-43-67(101)48-68(102)44-64)53-94(96)110-85-33-17-13-29-69(85)73-39-37-62(46-90(73)110)58-23-7-2-8-24-58/h1-56H. The normalized spacial score (nSPS) is 12.2. The van der Waals surface area contributed by atoms with E-state index in [2.05, 4.69) is 12.1 Å². The fraction of sp³-hybridized carbons (Fsp3) is 0.0204. The Kier molecular flexibility index (Phi) is 15.6. The van der Waals surface area contributed by atoms with Crippen LogP contribution in [0, 0.1) is 23.3 Å². The Morgan fingerprint density at radius 1 is 0.170 bits per heavy atom. The molecule has 0 atom stereocenters. The predicted octanol–water partition coefficient (Wildman–Crippen LogP) is 28.3. The zero-order valence-corrected chi connectivity index (χ0v) is 58.9. The molecule has 0 radical (unpaired) electrons. The van der Waals surface area contributed by atoms with Gasteiger partial charge in [-0.05, 0) is 193 Å². The van der Waals surface area contributed by atoms with Crippen LogP contribution in [0.5, 0.6) is 0 Å². The Morgan fingerprint density at radius 3 is 0.875 bits per heavy atom. The van der Waals surface area contributed by atoms with Gasteiger partial charge >= 0.3 is 12.4 Å². The van der Waals surface area contributed by atoms with Crippen LogP contribution in [0.4, 0.5) is 43.9 Å². The van der Waals surface area contributed by atoms with Crippen molar-refractivity contribution in [2.24, 2.45) is 0 Å². The van der Waals surface area contributed by atoms with Crippen molar-refractivity contribution in [3.8, 4) is 101 Å². The first kappa shape index (κ1) is 67.4. The molecule has 0 spiro atoms. The van der Waals surface area contributed by atoms with E-state index in [4.69, 9.17) is 0 Å². The van der Waals surface area contributed by atoms with E-state index in [-0.39, 0.29) is 33.9 Å². The Labute approximate surface area is 633 Å². The number of para-hydroxylation sites is 4. The SMILES string of the molecule is Fc1cc(F)cc(-c2cc(-n3c4ccccc4c4ccc(-c5ccccc5)cc43)c(-n3c4ccccc4c4cc(-c5cc6c(cc5-c5ccccc5)c5ccccc5n6-c5cc(C(F)(F)F)c(-c6cc(F)cc(F)c6)cc5-n5c6ccccc6c6cc(-c7ccccc7)ccc65)c(-c5ccccc5)cc43)cc2C(F)(F)F)c1. The summed E-state index contributed by atoms with van der Waals surface area (Å²) in [5.41, 5.74) is 9.01. The summed E-state index contributed by atoms with van der Waals surface area (Å²) >= 11 is 0. The summed E-state index contributed by atoms with van der Waals surface area (Å²) in [6.45, 7) is 0. The highest BCUT2D eigenvalue weighted by atomic mass is 19.4. The van der Waals surface area contributed by atoms with Crippen molar-refractivity contribution in [2.75, 3.05) is 0 Å². The largest absolute Gasteiger partial charge is 0.417 e. The van der Waals surface area contributed by atoms with Crippen LogP contribution < -0.4 is 0 Å². The maximum atomic E-state index is 16.6. The number of aromatic nitrogens is 4. The van der Waals surface area contributed by atoms with Gasteiger partial charge in [0.25, 0.3) is 0 Å². The molecule has 0 saturated heterocycles. The number of hydrogen-bond donors (Lipinski definition) is 0. The molecule has 0 aliphatic rings. The quantitative estimate of drug-likeness (QED) is 0.115. The average molecular weight is 1480 g/mol. The zero-order valence-electron chi connectivity index (χ0n) is 58.9. The van der Waals surface area contributed by atoms with Crippen molar-refractivity contribution in [1.29, 1.82) is 0 Å². The third kappa shape index (κ3) is 11.1. The number of nitrogens with zero attached hydrogens (tertiary/aromatic N) is 4. The summed E-state index contributed by atoms with van der Waals surface area (Å²) in [5.74, 6) is -4.25. The Balaban J connectivity index is 0.911. The van der Waals surface area contributed by atoms with Crippen LogP contribution in [0.25, 0.3) is 188 Å². The van der Waals surface area contributed by atoms with Gasteiger partial charge in [-0.2, -0.15) is 26.3 Å². The number of benzene rings is 16. The fourth-order valence-electron chi connectivity index (χ4n) is 17.0. The van der Waals surface area contributed by atoms with Gasteiger partial charge < -0.3 is 18.3 Å². The Bertz CT molecular complexity index is 7210. The molecular weight excluding hydrogens is 1420 g/mol. The van der Waals surface area contributed by atoms with Gasteiger partial charge in [0, 0.05) is 55.2 Å². The molecule has 0 aliphatic heterocycles. The highest BCUT2D eigenvalue weighted by Crippen LogP contribution is 2.52. The van der Waals surface area contributed by atoms with Crippen molar-refractivity contribution in [2.45, 2.75) is 12.4 Å². The molecule has 14 heteroatoms. The van der Waals surface area contributed by atoms with Gasteiger partial charge in [0.05, 0.1) is 78.0 Å². The molecule has 20 aromatic rings. The van der Waals surface area contributed by atoms with Crippen molar-refractivity contribution in [1.82, 2.24) is 18.3 Å². The topological polar surface area (TPSA) is 19.7 Å². The first-order valence-electron chi connectivity index (χ1n) is 36.3. The van der Waals surface area contributed by atoms with E-state index >= 15 is 43.9 Å². The molecule has 0 saturated carbocycles. The smallest absolute Gasteiger partial charge is 0.307 e. The van der Waals surface area contributed by atoms with Crippen molar-refractivity contribution in [3.63, 3.8) is 0 Å². The highest BCUT2D eigenvalue weighted by Gasteiger charge is 2.39. The molecule has 4 nitrogen and oxygen atoms in total. The molecule has 20 rings (SSSR count). The fourth-order valence-corrected chi connectivity index (χ4v) is 17.0. The summed E-state index contributed by atoms with van der Waals surface area (Å²) < 4.78 is 170. The van der Waals surface area contributed by atoms with Crippen LogP contribution in [-0.2, 0) is 12.4 Å². The summed E-state index contributed by atoms with van der Waals surface area (Å²) in [6.07, 6.45) is -10.2. The summed E-state index contributed by atoms with van der Waals surface area (Å²) in [4.78, 5) is 0. The van der Waals surface area contributed by atoms with E-state index in [9.17, 15) is 0 Å². The van der Waals surface area contributed by atoms with Crippen LogP contribution in [0.2, 0.25) is 0 Å². The molecule has 16 aromatic carbocycles. The number of rotatable bonds is 11. The van der Waals surface area contributed by atoms with Gasteiger partial charge in [0.15, 0.2) is 0 Å². The Morgan fingerprint density at radius 2 is 0.455 bits per heavy atom. The molecule has 0 unspecified atom stereocenters. The molecule has 4 aromatic heterocycles. The molecule has 0 aliphatic carbocycles. The molecule has 0 bridgehead atoms. The maximum absolute atomic E-state index is 16.6. The predicted molar refractivity (Wildman–Crippen MR) is 432 cm³/mol. The van der Waals surface area contributed by atoms with E-state index < -0.39 is 57.9 Å². The first-order valence-corrected chi connectivity index (χ1v) is 36.3. The molecule has 0 N–H and O–H groups in total. The van der Waals surface area contributed by atoms with Gasteiger partial charge in [0.2, 0.25) is 0 Å². The van der Waals surface area contributed by atoms with Crippen LogP contribution in [0.15, 0.2) is 340 Å². The molecule has 538 valence electrons. The number of fused-ring (bicyclic) bond motifs is 12. The van der Waals surface area contributed by atoms with E-state index in [1.54, 1.807) is 0 Å². The average Bonchev–Trinajstić information content (AvgIpc) is 1.54. The third-order valence-corrected chi connectivity index (χ3v) is 21.8.